The standard InChI is InChI=1S/C31H25F2NO4/c32-23-8-5-20(6-9-23)29(37)16-15-27-30(34(31(27)38)25-12-10-24(33)11-13-25)21-3-1-19(2-4-21)28-17-26(36)14-7-22(28)18-35/h1-14,17-18,27,29-30,36-37H,15-16H2/t27-,29+,30-/m1/s1. The van der Waals surface area contributed by atoms with Crippen molar-refractivity contribution >= 4 is 17.9 Å². The number of anilines is 1. The Kier molecular flexibility index (Phi) is 7.03. The van der Waals surface area contributed by atoms with Gasteiger partial charge in [0.05, 0.1) is 18.1 Å². The highest BCUT2D eigenvalue weighted by molar-refractivity contribution is 6.03. The summed E-state index contributed by atoms with van der Waals surface area (Å²) in [5.74, 6) is -1.31. The van der Waals surface area contributed by atoms with Crippen LogP contribution in [0, 0.1) is 17.6 Å². The molecule has 0 bridgehead atoms. The Morgan fingerprint density at radius 2 is 1.50 bits per heavy atom. The monoisotopic (exact) mass is 513 g/mol. The molecule has 0 aliphatic carbocycles. The number of hydrogen-bond donors (Lipinski definition) is 2. The summed E-state index contributed by atoms with van der Waals surface area (Å²) in [6, 6.07) is 22.9. The van der Waals surface area contributed by atoms with Crippen LogP contribution in [0.15, 0.2) is 91.0 Å². The SMILES string of the molecule is O=Cc1ccc(O)cc1-c1ccc([C@@H]2[C@@H](CC[C@H](O)c3ccc(F)cc3)C(=O)N2c2ccc(F)cc2)cc1. The molecule has 3 atom stereocenters. The molecule has 0 aromatic heterocycles. The van der Waals surface area contributed by atoms with E-state index in [0.717, 1.165) is 17.4 Å². The number of hydrogen-bond acceptors (Lipinski definition) is 4. The molecule has 4 aromatic rings. The average molecular weight is 514 g/mol. The minimum absolute atomic E-state index is 0.0431. The predicted molar refractivity (Wildman–Crippen MR) is 140 cm³/mol. The molecule has 1 saturated heterocycles. The molecule has 1 fully saturated rings. The summed E-state index contributed by atoms with van der Waals surface area (Å²) in [5.41, 5.74) is 3.74. The van der Waals surface area contributed by atoms with Gasteiger partial charge in [-0.3, -0.25) is 9.59 Å². The molecule has 192 valence electrons. The summed E-state index contributed by atoms with van der Waals surface area (Å²) >= 11 is 0. The van der Waals surface area contributed by atoms with Crippen LogP contribution in [0.5, 0.6) is 5.75 Å². The van der Waals surface area contributed by atoms with Crippen molar-refractivity contribution in [1.82, 2.24) is 0 Å². The molecule has 1 aliphatic rings. The molecule has 7 heteroatoms. The molecule has 1 amide bonds. The third kappa shape index (κ3) is 4.93. The number of aldehydes is 1. The van der Waals surface area contributed by atoms with Gasteiger partial charge in [0.25, 0.3) is 0 Å². The van der Waals surface area contributed by atoms with Crippen molar-refractivity contribution in [2.45, 2.75) is 25.0 Å². The second-order valence-electron chi connectivity index (χ2n) is 9.39. The topological polar surface area (TPSA) is 77.8 Å². The molecule has 0 spiro atoms. The number of nitrogens with zero attached hydrogens (tertiary/aromatic N) is 1. The molecule has 38 heavy (non-hydrogen) atoms. The highest BCUT2D eigenvalue weighted by atomic mass is 19.1. The lowest BCUT2D eigenvalue weighted by Crippen LogP contribution is -2.55. The second kappa shape index (κ2) is 10.6. The van der Waals surface area contributed by atoms with E-state index < -0.39 is 17.8 Å². The van der Waals surface area contributed by atoms with E-state index >= 15 is 0 Å². The van der Waals surface area contributed by atoms with Crippen LogP contribution in [-0.2, 0) is 4.79 Å². The van der Waals surface area contributed by atoms with E-state index in [9.17, 15) is 28.6 Å². The predicted octanol–water partition coefficient (Wildman–Crippen LogP) is 6.37. The number of aliphatic hydroxyl groups is 1. The van der Waals surface area contributed by atoms with E-state index in [1.807, 2.05) is 24.3 Å². The van der Waals surface area contributed by atoms with Gasteiger partial charge in [-0.25, -0.2) is 8.78 Å². The number of benzene rings is 4. The summed E-state index contributed by atoms with van der Waals surface area (Å²) in [7, 11) is 0. The summed E-state index contributed by atoms with van der Waals surface area (Å²) in [6.07, 6.45) is 0.577. The fourth-order valence-electron chi connectivity index (χ4n) is 5.05. The van der Waals surface area contributed by atoms with E-state index in [4.69, 9.17) is 0 Å². The maximum Gasteiger partial charge on any atom is 0.233 e. The fraction of sp³-hybridized carbons (Fsp3) is 0.161. The molecule has 5 rings (SSSR count). The van der Waals surface area contributed by atoms with Gasteiger partial charge in [0.1, 0.15) is 17.4 Å². The van der Waals surface area contributed by atoms with Crippen molar-refractivity contribution in [2.75, 3.05) is 4.90 Å². The van der Waals surface area contributed by atoms with E-state index in [1.165, 1.54) is 48.5 Å². The number of carbonyl (C=O) groups is 2. The van der Waals surface area contributed by atoms with Gasteiger partial charge in [0, 0.05) is 11.3 Å². The molecule has 4 aromatic carbocycles. The van der Waals surface area contributed by atoms with Gasteiger partial charge < -0.3 is 15.1 Å². The molecule has 5 nitrogen and oxygen atoms in total. The Bertz CT molecular complexity index is 1450. The van der Waals surface area contributed by atoms with Crippen LogP contribution in [-0.4, -0.2) is 22.4 Å². The number of amides is 1. The normalized spacial score (nSPS) is 17.7. The fourth-order valence-corrected chi connectivity index (χ4v) is 5.05. The second-order valence-corrected chi connectivity index (χ2v) is 9.39. The number of halogens is 2. The largest absolute Gasteiger partial charge is 0.508 e. The molecule has 0 radical (unpaired) electrons. The van der Waals surface area contributed by atoms with Crippen molar-refractivity contribution in [3.8, 4) is 16.9 Å². The number of β-lactam (4-membered cyclic amide) rings is 1. The highest BCUT2D eigenvalue weighted by Gasteiger charge is 2.48. The lowest BCUT2D eigenvalue weighted by molar-refractivity contribution is -0.131. The van der Waals surface area contributed by atoms with E-state index in [-0.39, 0.29) is 23.5 Å². The number of aliphatic hydroxyl groups excluding tert-OH is 1. The van der Waals surface area contributed by atoms with E-state index in [1.54, 1.807) is 23.1 Å². The van der Waals surface area contributed by atoms with Crippen LogP contribution >= 0.6 is 0 Å². The Labute approximate surface area is 218 Å². The molecule has 0 unspecified atom stereocenters. The van der Waals surface area contributed by atoms with Gasteiger partial charge >= 0.3 is 0 Å². The first-order valence-electron chi connectivity index (χ1n) is 12.3. The Hall–Kier alpha value is -4.36. The van der Waals surface area contributed by atoms with Crippen LogP contribution in [0.25, 0.3) is 11.1 Å². The summed E-state index contributed by atoms with van der Waals surface area (Å²) in [5, 5.41) is 20.5. The number of rotatable bonds is 8. The molecule has 1 heterocycles. The molecule has 0 saturated carbocycles. The van der Waals surface area contributed by atoms with Crippen molar-refractivity contribution in [2.24, 2.45) is 5.92 Å². The number of carbonyl (C=O) groups excluding carboxylic acids is 2. The lowest BCUT2D eigenvalue weighted by atomic mass is 9.78. The molecular formula is C31H25F2NO4. The Balaban J connectivity index is 1.42. The summed E-state index contributed by atoms with van der Waals surface area (Å²) < 4.78 is 26.8. The third-order valence-electron chi connectivity index (χ3n) is 7.05. The highest BCUT2D eigenvalue weighted by Crippen LogP contribution is 2.46. The van der Waals surface area contributed by atoms with Crippen LogP contribution in [0.1, 0.15) is 46.5 Å². The van der Waals surface area contributed by atoms with Crippen LogP contribution < -0.4 is 4.90 Å². The van der Waals surface area contributed by atoms with Gasteiger partial charge in [0.2, 0.25) is 5.91 Å². The third-order valence-corrected chi connectivity index (χ3v) is 7.05. The first kappa shape index (κ1) is 25.3. The van der Waals surface area contributed by atoms with Gasteiger partial charge in [-0.1, -0.05) is 36.4 Å². The van der Waals surface area contributed by atoms with E-state index in [0.29, 0.717) is 35.2 Å². The minimum Gasteiger partial charge on any atom is -0.508 e. The molecular weight excluding hydrogens is 488 g/mol. The average Bonchev–Trinajstić information content (AvgIpc) is 2.93. The Morgan fingerprint density at radius 3 is 2.13 bits per heavy atom. The van der Waals surface area contributed by atoms with Crippen LogP contribution in [0.2, 0.25) is 0 Å². The zero-order valence-corrected chi connectivity index (χ0v) is 20.3. The van der Waals surface area contributed by atoms with Crippen molar-refractivity contribution in [3.63, 3.8) is 0 Å². The van der Waals surface area contributed by atoms with Gasteiger partial charge in [-0.15, -0.1) is 0 Å². The first-order chi connectivity index (χ1) is 18.4. The van der Waals surface area contributed by atoms with Crippen molar-refractivity contribution < 1.29 is 28.6 Å². The van der Waals surface area contributed by atoms with E-state index in [2.05, 4.69) is 0 Å². The number of phenols is 1. The van der Waals surface area contributed by atoms with Gasteiger partial charge in [-0.05, 0) is 89.7 Å². The van der Waals surface area contributed by atoms with Crippen molar-refractivity contribution in [3.05, 3.63) is 119 Å². The number of phenolic OH excluding ortho intramolecular Hbond substituents is 1. The van der Waals surface area contributed by atoms with Crippen molar-refractivity contribution in [1.29, 1.82) is 0 Å². The Morgan fingerprint density at radius 1 is 0.868 bits per heavy atom. The smallest absolute Gasteiger partial charge is 0.233 e. The maximum absolute atomic E-state index is 13.6. The number of aromatic hydroxyl groups is 1. The molecule has 1 aliphatic heterocycles. The maximum atomic E-state index is 13.6. The summed E-state index contributed by atoms with van der Waals surface area (Å²) in [6.45, 7) is 0. The molecule has 2 N–H and O–H groups in total. The summed E-state index contributed by atoms with van der Waals surface area (Å²) in [4.78, 5) is 26.4. The zero-order chi connectivity index (χ0) is 26.8. The van der Waals surface area contributed by atoms with Crippen LogP contribution in [0.4, 0.5) is 14.5 Å². The lowest BCUT2D eigenvalue weighted by Gasteiger charge is -2.48. The van der Waals surface area contributed by atoms with Crippen LogP contribution in [0.3, 0.4) is 0 Å². The van der Waals surface area contributed by atoms with Gasteiger partial charge in [-0.2, -0.15) is 0 Å². The minimum atomic E-state index is -0.848. The van der Waals surface area contributed by atoms with Gasteiger partial charge in [0.15, 0.2) is 6.29 Å². The zero-order valence-electron chi connectivity index (χ0n) is 20.3. The first-order valence-corrected chi connectivity index (χ1v) is 12.3. The quantitative estimate of drug-likeness (QED) is 0.212.